The number of hydrogen-bond acceptors (Lipinski definition) is 4. The maximum atomic E-state index is 12.3. The van der Waals surface area contributed by atoms with Crippen LogP contribution in [0.2, 0.25) is 0 Å². The molecular formula is C17H23N5O2. The van der Waals surface area contributed by atoms with E-state index in [0.717, 1.165) is 22.4 Å². The van der Waals surface area contributed by atoms with Crippen molar-refractivity contribution in [1.29, 1.82) is 0 Å². The number of aromatic nitrogens is 2. The van der Waals surface area contributed by atoms with Crippen LogP contribution in [0.15, 0.2) is 18.2 Å². The number of hydrogen-bond donors (Lipinski definition) is 2. The number of amides is 2. The van der Waals surface area contributed by atoms with Crippen LogP contribution < -0.4 is 5.32 Å². The van der Waals surface area contributed by atoms with E-state index in [4.69, 9.17) is 0 Å². The standard InChI is InChI=1S/C17H23N5O2/c1-12-4-3-5-13-17(12)20-14(19-13)6-8-21(2)16(24)11-22-9-7-18-15(23)10-22/h3-5H,6-11H2,1-2H3,(H,18,23)(H,19,20). The fraction of sp³-hybridized carbons (Fsp3) is 0.471. The molecule has 0 bridgehead atoms. The molecule has 1 saturated heterocycles. The fourth-order valence-corrected chi connectivity index (χ4v) is 2.88. The summed E-state index contributed by atoms with van der Waals surface area (Å²) in [5.74, 6) is 0.891. The molecule has 128 valence electrons. The Morgan fingerprint density at radius 1 is 1.42 bits per heavy atom. The van der Waals surface area contributed by atoms with Crippen LogP contribution in [0, 0.1) is 6.92 Å². The Morgan fingerprint density at radius 2 is 2.25 bits per heavy atom. The molecule has 2 aromatic rings. The van der Waals surface area contributed by atoms with E-state index in [1.165, 1.54) is 0 Å². The molecule has 2 N–H and O–H groups in total. The molecule has 1 aliphatic rings. The highest BCUT2D eigenvalue weighted by Gasteiger charge is 2.20. The average Bonchev–Trinajstić information content (AvgIpc) is 2.97. The van der Waals surface area contributed by atoms with Gasteiger partial charge >= 0.3 is 0 Å². The molecule has 1 aromatic carbocycles. The van der Waals surface area contributed by atoms with Gasteiger partial charge in [0.1, 0.15) is 5.82 Å². The van der Waals surface area contributed by atoms with Gasteiger partial charge in [-0.1, -0.05) is 12.1 Å². The summed E-state index contributed by atoms with van der Waals surface area (Å²) in [6.07, 6.45) is 0.677. The second-order valence-electron chi connectivity index (χ2n) is 6.28. The largest absolute Gasteiger partial charge is 0.354 e. The van der Waals surface area contributed by atoms with Crippen LogP contribution in [-0.4, -0.2) is 71.4 Å². The van der Waals surface area contributed by atoms with E-state index in [1.54, 1.807) is 11.9 Å². The van der Waals surface area contributed by atoms with Gasteiger partial charge in [0.25, 0.3) is 0 Å². The molecule has 3 rings (SSSR count). The zero-order chi connectivity index (χ0) is 17.1. The summed E-state index contributed by atoms with van der Waals surface area (Å²) in [4.78, 5) is 35.1. The first-order valence-electron chi connectivity index (χ1n) is 8.20. The first-order valence-corrected chi connectivity index (χ1v) is 8.20. The molecule has 1 fully saturated rings. The number of aryl methyl sites for hydroxylation is 1. The fourth-order valence-electron chi connectivity index (χ4n) is 2.88. The summed E-state index contributed by atoms with van der Waals surface area (Å²) in [6.45, 7) is 4.53. The Kier molecular flexibility index (Phi) is 4.80. The molecule has 2 heterocycles. The van der Waals surface area contributed by atoms with Gasteiger partial charge in [-0.3, -0.25) is 14.5 Å². The minimum Gasteiger partial charge on any atom is -0.354 e. The van der Waals surface area contributed by atoms with Crippen molar-refractivity contribution in [3.8, 4) is 0 Å². The van der Waals surface area contributed by atoms with Crippen molar-refractivity contribution in [2.24, 2.45) is 0 Å². The Morgan fingerprint density at radius 3 is 3.00 bits per heavy atom. The molecule has 0 aliphatic carbocycles. The summed E-state index contributed by atoms with van der Waals surface area (Å²) >= 11 is 0. The second kappa shape index (κ2) is 7.00. The minimum atomic E-state index is -0.0191. The third kappa shape index (κ3) is 3.73. The number of piperazine rings is 1. The van der Waals surface area contributed by atoms with E-state index in [1.807, 2.05) is 30.0 Å². The zero-order valence-electron chi connectivity index (χ0n) is 14.1. The number of benzene rings is 1. The van der Waals surface area contributed by atoms with Crippen LogP contribution in [-0.2, 0) is 16.0 Å². The molecule has 7 nitrogen and oxygen atoms in total. The Labute approximate surface area is 141 Å². The topological polar surface area (TPSA) is 81.3 Å². The second-order valence-corrected chi connectivity index (χ2v) is 6.28. The third-order valence-corrected chi connectivity index (χ3v) is 4.35. The Hall–Kier alpha value is -2.41. The van der Waals surface area contributed by atoms with E-state index in [9.17, 15) is 9.59 Å². The van der Waals surface area contributed by atoms with E-state index in [-0.39, 0.29) is 18.4 Å². The maximum absolute atomic E-state index is 12.3. The number of carbonyl (C=O) groups excluding carboxylic acids is 2. The van der Waals surface area contributed by atoms with Gasteiger partial charge in [-0.15, -0.1) is 0 Å². The summed E-state index contributed by atoms with van der Waals surface area (Å²) in [6, 6.07) is 6.05. The lowest BCUT2D eigenvalue weighted by Gasteiger charge is -2.27. The van der Waals surface area contributed by atoms with Gasteiger partial charge in [0.15, 0.2) is 0 Å². The number of imidazole rings is 1. The van der Waals surface area contributed by atoms with Crippen molar-refractivity contribution in [1.82, 2.24) is 25.1 Å². The van der Waals surface area contributed by atoms with Crippen molar-refractivity contribution in [2.75, 3.05) is 39.8 Å². The lowest BCUT2D eigenvalue weighted by atomic mass is 10.2. The van der Waals surface area contributed by atoms with Crippen LogP contribution in [0.25, 0.3) is 11.0 Å². The molecule has 0 saturated carbocycles. The molecule has 0 atom stereocenters. The summed E-state index contributed by atoms with van der Waals surface area (Å²) in [7, 11) is 1.79. The van der Waals surface area contributed by atoms with Gasteiger partial charge in [0, 0.05) is 33.1 Å². The molecule has 0 spiro atoms. The highest BCUT2D eigenvalue weighted by molar-refractivity contribution is 5.82. The molecule has 0 radical (unpaired) electrons. The first kappa shape index (κ1) is 16.4. The molecule has 1 aromatic heterocycles. The van der Waals surface area contributed by atoms with Gasteiger partial charge in [0.2, 0.25) is 11.8 Å². The number of H-pyrrole nitrogens is 1. The molecule has 7 heteroatoms. The quantitative estimate of drug-likeness (QED) is 0.827. The SMILES string of the molecule is Cc1cccc2[nH]c(CCN(C)C(=O)CN3CCNC(=O)C3)nc12. The average molecular weight is 329 g/mol. The van der Waals surface area contributed by atoms with Crippen LogP contribution >= 0.6 is 0 Å². The molecule has 24 heavy (non-hydrogen) atoms. The number of nitrogens with zero attached hydrogens (tertiary/aromatic N) is 3. The molecular weight excluding hydrogens is 306 g/mol. The van der Waals surface area contributed by atoms with Crippen LogP contribution in [0.3, 0.4) is 0 Å². The summed E-state index contributed by atoms with van der Waals surface area (Å²) < 4.78 is 0. The highest BCUT2D eigenvalue weighted by atomic mass is 16.2. The number of aromatic amines is 1. The van der Waals surface area contributed by atoms with Crippen LogP contribution in [0.4, 0.5) is 0 Å². The monoisotopic (exact) mass is 329 g/mol. The van der Waals surface area contributed by atoms with E-state index < -0.39 is 0 Å². The lowest BCUT2D eigenvalue weighted by Crippen LogP contribution is -2.50. The normalized spacial score (nSPS) is 15.5. The predicted molar refractivity (Wildman–Crippen MR) is 91.6 cm³/mol. The summed E-state index contributed by atoms with van der Waals surface area (Å²) in [5.41, 5.74) is 3.15. The highest BCUT2D eigenvalue weighted by Crippen LogP contribution is 2.15. The van der Waals surface area contributed by atoms with E-state index >= 15 is 0 Å². The minimum absolute atomic E-state index is 0.0191. The van der Waals surface area contributed by atoms with Crippen LogP contribution in [0.1, 0.15) is 11.4 Å². The van der Waals surface area contributed by atoms with Gasteiger partial charge in [-0.05, 0) is 18.6 Å². The van der Waals surface area contributed by atoms with Crippen LogP contribution in [0.5, 0.6) is 0 Å². The predicted octanol–water partition coefficient (Wildman–Crippen LogP) is 0.304. The molecule has 2 amide bonds. The number of fused-ring (bicyclic) bond motifs is 1. The van der Waals surface area contributed by atoms with Crippen molar-refractivity contribution in [2.45, 2.75) is 13.3 Å². The zero-order valence-corrected chi connectivity index (χ0v) is 14.1. The number of nitrogens with one attached hydrogen (secondary N) is 2. The van der Waals surface area contributed by atoms with Gasteiger partial charge in [-0.2, -0.15) is 0 Å². The smallest absolute Gasteiger partial charge is 0.236 e. The van der Waals surface area contributed by atoms with Gasteiger partial charge < -0.3 is 15.2 Å². The van der Waals surface area contributed by atoms with Crippen molar-refractivity contribution in [3.05, 3.63) is 29.6 Å². The lowest BCUT2D eigenvalue weighted by molar-refractivity contribution is -0.132. The number of rotatable bonds is 5. The number of para-hydroxylation sites is 1. The number of carbonyl (C=O) groups is 2. The first-order chi connectivity index (χ1) is 11.5. The van der Waals surface area contributed by atoms with Gasteiger partial charge in [-0.25, -0.2) is 4.98 Å². The number of likely N-dealkylation sites (N-methyl/N-ethyl adjacent to an activating group) is 1. The van der Waals surface area contributed by atoms with Gasteiger partial charge in [0.05, 0.1) is 24.1 Å². The Balaban J connectivity index is 1.54. The maximum Gasteiger partial charge on any atom is 0.236 e. The molecule has 1 aliphatic heterocycles. The molecule has 0 unspecified atom stereocenters. The van der Waals surface area contributed by atoms with Crippen molar-refractivity contribution in [3.63, 3.8) is 0 Å². The Bertz CT molecular complexity index is 755. The van der Waals surface area contributed by atoms with Crippen molar-refractivity contribution < 1.29 is 9.59 Å². The van der Waals surface area contributed by atoms with Crippen molar-refractivity contribution >= 4 is 22.8 Å². The van der Waals surface area contributed by atoms with E-state index in [2.05, 4.69) is 15.3 Å². The van der Waals surface area contributed by atoms with E-state index in [0.29, 0.717) is 32.6 Å². The third-order valence-electron chi connectivity index (χ3n) is 4.35. The summed E-state index contributed by atoms with van der Waals surface area (Å²) in [5, 5.41) is 2.76.